The monoisotopic (exact) mass is 653 g/mol. The number of anilines is 1. The molecule has 8 nitrogen and oxygen atoms in total. The first-order chi connectivity index (χ1) is 19.8. The fraction of sp³-hybridized carbons (Fsp3) is 0.333. The second-order valence-electron chi connectivity index (χ2n) is 9.87. The molecule has 0 aromatic heterocycles. The van der Waals surface area contributed by atoms with Gasteiger partial charge in [0, 0.05) is 34.1 Å². The van der Waals surface area contributed by atoms with Gasteiger partial charge in [-0.05, 0) is 54.8 Å². The molecule has 0 heterocycles. The predicted molar refractivity (Wildman–Crippen MR) is 169 cm³/mol. The Morgan fingerprint density at radius 2 is 1.62 bits per heavy atom. The quantitative estimate of drug-likeness (QED) is 0.245. The first-order valence-corrected chi connectivity index (χ1v) is 16.2. The molecule has 0 fully saturated rings. The molecule has 0 aliphatic rings. The number of methoxy groups -OCH3 is 1. The summed E-state index contributed by atoms with van der Waals surface area (Å²) in [4.78, 5) is 29.3. The number of hydrogen-bond donors (Lipinski definition) is 1. The lowest BCUT2D eigenvalue weighted by atomic mass is 10.0. The Morgan fingerprint density at radius 3 is 2.21 bits per heavy atom. The van der Waals surface area contributed by atoms with Crippen molar-refractivity contribution in [3.63, 3.8) is 0 Å². The maximum absolute atomic E-state index is 14.2. The largest absolute Gasteiger partial charge is 0.495 e. The second-order valence-corrected chi connectivity index (χ2v) is 13.1. The van der Waals surface area contributed by atoms with Crippen LogP contribution in [0.5, 0.6) is 5.75 Å². The van der Waals surface area contributed by atoms with Crippen molar-refractivity contribution < 1.29 is 22.7 Å². The summed E-state index contributed by atoms with van der Waals surface area (Å²) in [7, 11) is -2.62. The van der Waals surface area contributed by atoms with Crippen LogP contribution in [-0.2, 0) is 32.6 Å². The normalized spacial score (nSPS) is 12.7. The number of halogens is 3. The van der Waals surface area contributed by atoms with Crippen molar-refractivity contribution in [3.8, 4) is 5.75 Å². The molecule has 0 saturated heterocycles. The summed E-state index contributed by atoms with van der Waals surface area (Å²) in [5, 5.41) is 3.95. The van der Waals surface area contributed by atoms with E-state index in [9.17, 15) is 18.0 Å². The molecule has 0 spiro atoms. The van der Waals surface area contributed by atoms with Crippen molar-refractivity contribution in [3.05, 3.63) is 92.9 Å². The molecule has 0 bridgehead atoms. The third-order valence-electron chi connectivity index (χ3n) is 6.72. The molecular formula is C30H34Cl3N3O5S. The number of sulfonamides is 1. The third kappa shape index (κ3) is 9.01. The van der Waals surface area contributed by atoms with E-state index < -0.39 is 28.5 Å². The molecular weight excluding hydrogens is 621 g/mol. The number of amides is 2. The topological polar surface area (TPSA) is 96.0 Å². The number of nitrogens with one attached hydrogen (secondary N) is 1. The zero-order valence-electron chi connectivity index (χ0n) is 23.8. The van der Waals surface area contributed by atoms with Crippen LogP contribution in [0.15, 0.2) is 66.7 Å². The minimum Gasteiger partial charge on any atom is -0.495 e. The van der Waals surface area contributed by atoms with Gasteiger partial charge in [-0.2, -0.15) is 0 Å². The van der Waals surface area contributed by atoms with Crippen molar-refractivity contribution in [2.45, 2.75) is 45.3 Å². The molecule has 3 rings (SSSR count). The molecule has 2 atom stereocenters. The van der Waals surface area contributed by atoms with Crippen molar-refractivity contribution in [1.82, 2.24) is 10.2 Å². The molecule has 0 radical (unpaired) electrons. The molecule has 3 aromatic carbocycles. The van der Waals surface area contributed by atoms with Crippen molar-refractivity contribution in [1.29, 1.82) is 0 Å². The van der Waals surface area contributed by atoms with Crippen molar-refractivity contribution >= 4 is 62.3 Å². The Balaban J connectivity index is 2.13. The van der Waals surface area contributed by atoms with Crippen LogP contribution in [0.3, 0.4) is 0 Å². The Labute approximate surface area is 262 Å². The molecule has 2 amide bonds. The fourth-order valence-corrected chi connectivity index (χ4v) is 5.76. The summed E-state index contributed by atoms with van der Waals surface area (Å²) >= 11 is 18.8. The first kappa shape index (κ1) is 33.5. The van der Waals surface area contributed by atoms with Gasteiger partial charge in [-0.15, -0.1) is 0 Å². The van der Waals surface area contributed by atoms with Gasteiger partial charge in [0.2, 0.25) is 21.8 Å². The lowest BCUT2D eigenvalue weighted by Gasteiger charge is -2.34. The van der Waals surface area contributed by atoms with Crippen LogP contribution in [0.1, 0.15) is 31.4 Å². The molecule has 0 aliphatic heterocycles. The van der Waals surface area contributed by atoms with Gasteiger partial charge in [-0.1, -0.05) is 78.1 Å². The zero-order valence-corrected chi connectivity index (χ0v) is 26.9. The maximum Gasteiger partial charge on any atom is 0.244 e. The van der Waals surface area contributed by atoms with Crippen LogP contribution in [0.4, 0.5) is 5.69 Å². The lowest BCUT2D eigenvalue weighted by molar-refractivity contribution is -0.140. The Hall–Kier alpha value is -2.98. The van der Waals surface area contributed by atoms with Gasteiger partial charge in [-0.25, -0.2) is 8.42 Å². The van der Waals surface area contributed by atoms with Gasteiger partial charge in [0.1, 0.15) is 18.3 Å². The number of carbonyl (C=O) groups excluding carboxylic acids is 2. The average Bonchev–Trinajstić information content (AvgIpc) is 2.94. The van der Waals surface area contributed by atoms with E-state index in [1.807, 2.05) is 44.2 Å². The molecule has 3 aromatic rings. The number of ether oxygens (including phenoxy) is 1. The molecule has 1 N–H and O–H groups in total. The van der Waals surface area contributed by atoms with Gasteiger partial charge in [-0.3, -0.25) is 13.9 Å². The van der Waals surface area contributed by atoms with Crippen LogP contribution in [0, 0.1) is 0 Å². The summed E-state index contributed by atoms with van der Waals surface area (Å²) in [6.45, 7) is 3.11. The van der Waals surface area contributed by atoms with Crippen LogP contribution in [-0.4, -0.2) is 57.1 Å². The smallest absolute Gasteiger partial charge is 0.244 e. The highest BCUT2D eigenvalue weighted by Gasteiger charge is 2.34. The second kappa shape index (κ2) is 15.0. The minimum atomic E-state index is -4.01. The molecule has 12 heteroatoms. The maximum atomic E-state index is 14.2. The van der Waals surface area contributed by atoms with E-state index in [1.165, 1.54) is 24.1 Å². The van der Waals surface area contributed by atoms with Gasteiger partial charge < -0.3 is 15.0 Å². The number of rotatable bonds is 13. The highest BCUT2D eigenvalue weighted by Crippen LogP contribution is 2.33. The number of nitrogens with zero attached hydrogens (tertiary/aromatic N) is 2. The molecule has 0 aliphatic carbocycles. The molecule has 0 unspecified atom stereocenters. The number of benzene rings is 3. The average molecular weight is 655 g/mol. The van der Waals surface area contributed by atoms with Gasteiger partial charge in [0.15, 0.2) is 0 Å². The van der Waals surface area contributed by atoms with Crippen LogP contribution >= 0.6 is 34.8 Å². The highest BCUT2D eigenvalue weighted by molar-refractivity contribution is 7.92. The Bertz CT molecular complexity index is 1510. The summed E-state index contributed by atoms with van der Waals surface area (Å²) in [5.41, 5.74) is 1.45. The minimum absolute atomic E-state index is 0.0788. The van der Waals surface area contributed by atoms with Crippen LogP contribution in [0.25, 0.3) is 0 Å². The summed E-state index contributed by atoms with van der Waals surface area (Å²) < 4.78 is 32.4. The van der Waals surface area contributed by atoms with Crippen molar-refractivity contribution in [2.75, 3.05) is 24.2 Å². The lowest BCUT2D eigenvalue weighted by Crippen LogP contribution is -2.54. The van der Waals surface area contributed by atoms with E-state index in [0.717, 1.165) is 16.1 Å². The Kier molecular flexibility index (Phi) is 11.9. The van der Waals surface area contributed by atoms with Crippen LogP contribution in [0.2, 0.25) is 15.1 Å². The number of carbonyl (C=O) groups is 2. The summed E-state index contributed by atoms with van der Waals surface area (Å²) in [6.07, 6.45) is 1.84. The van der Waals surface area contributed by atoms with Gasteiger partial charge in [0.25, 0.3) is 0 Å². The molecule has 0 saturated carbocycles. The van der Waals surface area contributed by atoms with Crippen LogP contribution < -0.4 is 14.4 Å². The SMILES string of the molecule is CC[C@H](C)NC(=O)[C@@H](Cc1ccccc1)N(Cc1ccc(Cl)cc1Cl)C(=O)CN(c1cc(Cl)ccc1OC)S(C)(=O)=O. The summed E-state index contributed by atoms with van der Waals surface area (Å²) in [6, 6.07) is 17.5. The highest BCUT2D eigenvalue weighted by atomic mass is 35.5. The Morgan fingerprint density at radius 1 is 0.976 bits per heavy atom. The van der Waals surface area contributed by atoms with E-state index >= 15 is 0 Å². The van der Waals surface area contributed by atoms with E-state index in [0.29, 0.717) is 22.0 Å². The zero-order chi connectivity index (χ0) is 31.0. The fourth-order valence-electron chi connectivity index (χ4n) is 4.28. The van der Waals surface area contributed by atoms with E-state index in [4.69, 9.17) is 39.5 Å². The molecule has 42 heavy (non-hydrogen) atoms. The predicted octanol–water partition coefficient (Wildman–Crippen LogP) is 5.98. The molecule has 226 valence electrons. The first-order valence-electron chi connectivity index (χ1n) is 13.2. The van der Waals surface area contributed by atoms with Gasteiger partial charge >= 0.3 is 0 Å². The summed E-state index contributed by atoms with van der Waals surface area (Å²) in [5.74, 6) is -0.799. The standard InChI is InChI=1S/C30H34Cl3N3O5S/c1-5-20(2)34-30(38)27(15-21-9-7-6-8-10-21)35(18-22-11-12-23(31)16-25(22)33)29(37)19-36(42(4,39)40)26-17-24(32)13-14-28(26)41-3/h6-14,16-17,20,27H,5,15,18-19H2,1-4H3,(H,34,38)/t20-,27+/m0/s1. The number of hydrogen-bond acceptors (Lipinski definition) is 5. The van der Waals surface area contributed by atoms with Crippen molar-refractivity contribution in [2.24, 2.45) is 0 Å². The van der Waals surface area contributed by atoms with E-state index in [1.54, 1.807) is 24.3 Å². The third-order valence-corrected chi connectivity index (χ3v) is 8.67. The van der Waals surface area contributed by atoms with E-state index in [-0.39, 0.29) is 41.4 Å². The van der Waals surface area contributed by atoms with Gasteiger partial charge in [0.05, 0.1) is 19.1 Å². The van der Waals surface area contributed by atoms with E-state index in [2.05, 4.69) is 5.32 Å².